The van der Waals surface area contributed by atoms with Crippen molar-refractivity contribution in [3.05, 3.63) is 83.6 Å². The van der Waals surface area contributed by atoms with E-state index < -0.39 is 5.91 Å². The van der Waals surface area contributed by atoms with Crippen LogP contribution in [0.3, 0.4) is 0 Å². The molecule has 1 aromatic heterocycles. The Morgan fingerprint density at radius 3 is 2.52 bits per heavy atom. The molecule has 2 N–H and O–H groups in total. The number of aromatic nitrogens is 1. The summed E-state index contributed by atoms with van der Waals surface area (Å²) in [6.07, 6.45) is 1.40. The molecule has 0 aliphatic rings. The van der Waals surface area contributed by atoms with Gasteiger partial charge in [0.25, 0.3) is 5.91 Å². The van der Waals surface area contributed by atoms with Gasteiger partial charge in [-0.15, -0.1) is 11.3 Å². The minimum absolute atomic E-state index is 0.0517. The van der Waals surface area contributed by atoms with E-state index in [4.69, 9.17) is 9.72 Å². The van der Waals surface area contributed by atoms with Gasteiger partial charge in [0.1, 0.15) is 22.4 Å². The van der Waals surface area contributed by atoms with Crippen molar-refractivity contribution in [1.29, 1.82) is 5.26 Å². The van der Waals surface area contributed by atoms with Crippen LogP contribution in [0, 0.1) is 25.2 Å². The van der Waals surface area contributed by atoms with Crippen LogP contribution < -0.4 is 15.4 Å². The van der Waals surface area contributed by atoms with Crippen molar-refractivity contribution < 1.29 is 9.53 Å². The summed E-state index contributed by atoms with van der Waals surface area (Å²) in [7, 11) is 1.53. The Hall–Kier alpha value is -4.15. The van der Waals surface area contributed by atoms with Crippen molar-refractivity contribution in [3.8, 4) is 22.4 Å². The monoisotopic (exact) mass is 454 g/mol. The SMILES string of the molecule is COc1ccc(C)cc1NC(=O)/C(C#N)=C\Nc1ccc(-c2nc3ccc(C)cc3s2)cc1. The van der Waals surface area contributed by atoms with Crippen LogP contribution in [0.2, 0.25) is 0 Å². The lowest BCUT2D eigenvalue weighted by atomic mass is 10.2. The standard InChI is InChI=1S/C26H22N4O2S/c1-16-5-11-23(32-3)22(12-16)29-25(31)19(14-27)15-28-20-8-6-18(7-9-20)26-30-21-10-4-17(2)13-24(21)33-26/h4-13,15,28H,1-3H3,(H,29,31)/b19-15-. The van der Waals surface area contributed by atoms with Crippen molar-refractivity contribution in [2.24, 2.45) is 0 Å². The van der Waals surface area contributed by atoms with Gasteiger partial charge in [-0.25, -0.2) is 4.98 Å². The lowest BCUT2D eigenvalue weighted by molar-refractivity contribution is -0.112. The normalized spacial score (nSPS) is 11.2. The van der Waals surface area contributed by atoms with Gasteiger partial charge in [0.05, 0.1) is 23.0 Å². The summed E-state index contributed by atoms with van der Waals surface area (Å²) < 4.78 is 6.44. The number of nitrogens with one attached hydrogen (secondary N) is 2. The molecule has 3 aromatic carbocycles. The molecule has 0 aliphatic heterocycles. The van der Waals surface area contributed by atoms with E-state index in [1.165, 1.54) is 18.9 Å². The number of hydrogen-bond acceptors (Lipinski definition) is 6. The fourth-order valence-corrected chi connectivity index (χ4v) is 4.35. The second kappa shape index (κ2) is 9.55. The second-order valence-electron chi connectivity index (χ2n) is 7.54. The molecule has 164 valence electrons. The van der Waals surface area contributed by atoms with Gasteiger partial charge in [0.2, 0.25) is 0 Å². The average Bonchev–Trinajstić information content (AvgIpc) is 3.23. The predicted octanol–water partition coefficient (Wildman–Crippen LogP) is 6.05. The second-order valence-corrected chi connectivity index (χ2v) is 8.57. The van der Waals surface area contributed by atoms with Gasteiger partial charge in [0, 0.05) is 17.5 Å². The number of carbonyl (C=O) groups excluding carboxylic acids is 1. The molecular formula is C26H22N4O2S. The number of thiazole rings is 1. The third-order valence-corrected chi connectivity index (χ3v) is 6.09. The number of fused-ring (bicyclic) bond motifs is 1. The first-order valence-electron chi connectivity index (χ1n) is 10.3. The maximum absolute atomic E-state index is 12.6. The van der Waals surface area contributed by atoms with E-state index in [2.05, 4.69) is 29.7 Å². The number of nitrogens with zero attached hydrogens (tertiary/aromatic N) is 2. The number of benzene rings is 3. The number of rotatable bonds is 6. The van der Waals surface area contributed by atoms with E-state index in [9.17, 15) is 10.1 Å². The number of amides is 1. The third-order valence-electron chi connectivity index (χ3n) is 5.03. The van der Waals surface area contributed by atoms with Crippen LogP contribution >= 0.6 is 11.3 Å². The van der Waals surface area contributed by atoms with E-state index in [1.807, 2.05) is 49.4 Å². The molecule has 1 amide bonds. The highest BCUT2D eigenvalue weighted by atomic mass is 32.1. The molecule has 0 atom stereocenters. The van der Waals surface area contributed by atoms with Crippen molar-refractivity contribution in [1.82, 2.24) is 4.98 Å². The lowest BCUT2D eigenvalue weighted by Gasteiger charge is -2.10. The number of hydrogen-bond donors (Lipinski definition) is 2. The van der Waals surface area contributed by atoms with E-state index in [1.54, 1.807) is 23.5 Å². The highest BCUT2D eigenvalue weighted by Crippen LogP contribution is 2.31. The number of methoxy groups -OCH3 is 1. The van der Waals surface area contributed by atoms with Crippen LogP contribution in [0.4, 0.5) is 11.4 Å². The minimum atomic E-state index is -0.518. The molecule has 0 fully saturated rings. The molecule has 0 radical (unpaired) electrons. The van der Waals surface area contributed by atoms with Crippen LogP contribution in [0.25, 0.3) is 20.8 Å². The molecule has 4 aromatic rings. The Morgan fingerprint density at radius 2 is 1.79 bits per heavy atom. The summed E-state index contributed by atoms with van der Waals surface area (Å²) in [4.78, 5) is 17.3. The topological polar surface area (TPSA) is 87.0 Å². The zero-order valence-electron chi connectivity index (χ0n) is 18.5. The number of carbonyl (C=O) groups is 1. The quantitative estimate of drug-likeness (QED) is 0.274. The molecule has 0 saturated carbocycles. The van der Waals surface area contributed by atoms with E-state index >= 15 is 0 Å². The number of ether oxygens (including phenoxy) is 1. The summed E-state index contributed by atoms with van der Waals surface area (Å²) in [5.41, 5.74) is 5.39. The first kappa shape index (κ1) is 22.1. The van der Waals surface area contributed by atoms with Gasteiger partial charge >= 0.3 is 0 Å². The van der Waals surface area contributed by atoms with E-state index in [-0.39, 0.29) is 5.57 Å². The van der Waals surface area contributed by atoms with Crippen molar-refractivity contribution in [2.45, 2.75) is 13.8 Å². The third kappa shape index (κ3) is 5.03. The molecular weight excluding hydrogens is 432 g/mol. The van der Waals surface area contributed by atoms with Gasteiger partial charge in [-0.05, 0) is 73.5 Å². The van der Waals surface area contributed by atoms with Crippen LogP contribution in [-0.2, 0) is 4.79 Å². The number of aryl methyl sites for hydroxylation is 2. The maximum Gasteiger partial charge on any atom is 0.267 e. The van der Waals surface area contributed by atoms with Gasteiger partial charge in [-0.2, -0.15) is 5.26 Å². The molecule has 0 saturated heterocycles. The van der Waals surface area contributed by atoms with E-state index in [0.29, 0.717) is 11.4 Å². The zero-order chi connectivity index (χ0) is 23.4. The Bertz CT molecular complexity index is 1400. The fourth-order valence-electron chi connectivity index (χ4n) is 3.28. The Morgan fingerprint density at radius 1 is 1.06 bits per heavy atom. The molecule has 4 rings (SSSR count). The molecule has 1 heterocycles. The van der Waals surface area contributed by atoms with E-state index in [0.717, 1.165) is 32.0 Å². The van der Waals surface area contributed by atoms with Crippen molar-refractivity contribution in [2.75, 3.05) is 17.7 Å². The number of nitriles is 1. The zero-order valence-corrected chi connectivity index (χ0v) is 19.3. The molecule has 0 unspecified atom stereocenters. The predicted molar refractivity (Wildman–Crippen MR) is 133 cm³/mol. The highest BCUT2D eigenvalue weighted by molar-refractivity contribution is 7.21. The van der Waals surface area contributed by atoms with Gasteiger partial charge in [-0.3, -0.25) is 4.79 Å². The Kier molecular flexibility index (Phi) is 6.38. The average molecular weight is 455 g/mol. The molecule has 6 nitrogen and oxygen atoms in total. The Balaban J connectivity index is 1.47. The lowest BCUT2D eigenvalue weighted by Crippen LogP contribution is -2.15. The minimum Gasteiger partial charge on any atom is -0.495 e. The van der Waals surface area contributed by atoms with Crippen LogP contribution in [0.5, 0.6) is 5.75 Å². The molecule has 0 bridgehead atoms. The molecule has 0 spiro atoms. The molecule has 0 aliphatic carbocycles. The van der Waals surface area contributed by atoms with Gasteiger partial charge < -0.3 is 15.4 Å². The van der Waals surface area contributed by atoms with Crippen LogP contribution in [0.15, 0.2) is 72.4 Å². The fraction of sp³-hybridized carbons (Fsp3) is 0.115. The Labute approximate surface area is 196 Å². The molecule has 33 heavy (non-hydrogen) atoms. The van der Waals surface area contributed by atoms with Crippen LogP contribution in [0.1, 0.15) is 11.1 Å². The first-order chi connectivity index (χ1) is 16.0. The summed E-state index contributed by atoms with van der Waals surface area (Å²) in [6.45, 7) is 3.98. The van der Waals surface area contributed by atoms with Crippen molar-refractivity contribution >= 4 is 38.8 Å². The smallest absolute Gasteiger partial charge is 0.267 e. The number of anilines is 2. The maximum atomic E-state index is 12.6. The molecule has 7 heteroatoms. The summed E-state index contributed by atoms with van der Waals surface area (Å²) in [5, 5.41) is 16.2. The van der Waals surface area contributed by atoms with Crippen LogP contribution in [-0.4, -0.2) is 18.0 Å². The first-order valence-corrected chi connectivity index (χ1v) is 11.1. The van der Waals surface area contributed by atoms with Gasteiger partial charge in [0.15, 0.2) is 0 Å². The summed E-state index contributed by atoms with van der Waals surface area (Å²) in [5.74, 6) is 0.00934. The highest BCUT2D eigenvalue weighted by Gasteiger charge is 2.13. The largest absolute Gasteiger partial charge is 0.495 e. The summed E-state index contributed by atoms with van der Waals surface area (Å²) in [6, 6.07) is 21.3. The van der Waals surface area contributed by atoms with Gasteiger partial charge in [-0.1, -0.05) is 12.1 Å². The van der Waals surface area contributed by atoms with Crippen molar-refractivity contribution in [3.63, 3.8) is 0 Å². The summed E-state index contributed by atoms with van der Waals surface area (Å²) >= 11 is 1.65.